The number of rotatable bonds is 4. The fraction of sp³-hybridized carbons (Fsp3) is 0. The summed E-state index contributed by atoms with van der Waals surface area (Å²) in [6.07, 6.45) is 0. The molecule has 12 rings (SSSR count). The van der Waals surface area contributed by atoms with Gasteiger partial charge in [-0.2, -0.15) is 0 Å². The molecule has 3 aromatic heterocycles. The molecule has 0 unspecified atom stereocenters. The Morgan fingerprint density at radius 3 is 1.46 bits per heavy atom. The molecule has 3 heterocycles. The minimum absolute atomic E-state index is 0.587. The topological polar surface area (TPSA) is 56.7 Å². The molecule has 56 heavy (non-hydrogen) atoms. The Morgan fingerprint density at radius 2 is 0.875 bits per heavy atom. The predicted octanol–water partition coefficient (Wildman–Crippen LogP) is 13.3. The minimum Gasteiger partial charge on any atom is -0.454 e. The van der Waals surface area contributed by atoms with Crippen LogP contribution in [0.4, 0.5) is 0 Å². The van der Waals surface area contributed by atoms with Gasteiger partial charge in [0.2, 0.25) is 0 Å². The van der Waals surface area contributed by atoms with E-state index in [0.717, 1.165) is 66.1 Å². The van der Waals surface area contributed by atoms with Gasteiger partial charge in [-0.05, 0) is 68.7 Å². The third kappa shape index (κ3) is 4.58. The maximum Gasteiger partial charge on any atom is 0.164 e. The second kappa shape index (κ2) is 11.9. The van der Waals surface area contributed by atoms with E-state index in [0.29, 0.717) is 17.5 Å². The molecule has 5 nitrogen and oxygen atoms in total. The van der Waals surface area contributed by atoms with Crippen LogP contribution in [0.5, 0.6) is 0 Å². The van der Waals surface area contributed by atoms with Crippen molar-refractivity contribution in [3.63, 3.8) is 0 Å². The Bertz CT molecular complexity index is 3380. The maximum atomic E-state index is 7.09. The molecular formula is C51H30N4O. The SMILES string of the molecule is c1ccc(-c2nc(-c3ccccc3)nc(-c3ccc(-n4c5ccc6ccccc6c5c5c6ccccc6ccc54)c4oc5cc6ccccc6cc5c34)n2)cc1. The average Bonchev–Trinajstić information content (AvgIpc) is 3.82. The largest absolute Gasteiger partial charge is 0.454 e. The molecule has 0 aliphatic carbocycles. The summed E-state index contributed by atoms with van der Waals surface area (Å²) in [5.74, 6) is 1.82. The van der Waals surface area contributed by atoms with Gasteiger partial charge in [0.05, 0.1) is 16.7 Å². The molecule has 0 spiro atoms. The van der Waals surface area contributed by atoms with E-state index >= 15 is 0 Å². The highest BCUT2D eigenvalue weighted by Crippen LogP contribution is 2.45. The summed E-state index contributed by atoms with van der Waals surface area (Å²) < 4.78 is 9.47. The Labute approximate surface area is 320 Å². The van der Waals surface area contributed by atoms with E-state index in [-0.39, 0.29) is 0 Å². The number of furan rings is 1. The number of aromatic nitrogens is 4. The van der Waals surface area contributed by atoms with Crippen molar-refractivity contribution in [1.29, 1.82) is 0 Å². The Morgan fingerprint density at radius 1 is 0.375 bits per heavy atom. The maximum absolute atomic E-state index is 7.09. The van der Waals surface area contributed by atoms with Crippen LogP contribution in [0.2, 0.25) is 0 Å². The van der Waals surface area contributed by atoms with E-state index in [2.05, 4.69) is 126 Å². The van der Waals surface area contributed by atoms with Crippen LogP contribution in [0.3, 0.4) is 0 Å². The van der Waals surface area contributed by atoms with Crippen molar-refractivity contribution >= 4 is 76.1 Å². The Hall–Kier alpha value is -7.63. The van der Waals surface area contributed by atoms with Gasteiger partial charge in [-0.15, -0.1) is 0 Å². The van der Waals surface area contributed by atoms with Crippen molar-refractivity contribution in [3.8, 4) is 39.9 Å². The summed E-state index contributed by atoms with van der Waals surface area (Å²) in [7, 11) is 0. The first-order valence-corrected chi connectivity index (χ1v) is 18.9. The summed E-state index contributed by atoms with van der Waals surface area (Å²) in [5, 5.41) is 11.6. The van der Waals surface area contributed by atoms with Gasteiger partial charge in [-0.1, -0.05) is 146 Å². The van der Waals surface area contributed by atoms with Gasteiger partial charge in [-0.25, -0.2) is 15.0 Å². The van der Waals surface area contributed by atoms with E-state index in [9.17, 15) is 0 Å². The molecular weight excluding hydrogens is 685 g/mol. The van der Waals surface area contributed by atoms with Crippen LogP contribution in [-0.2, 0) is 0 Å². The zero-order valence-electron chi connectivity index (χ0n) is 30.0. The van der Waals surface area contributed by atoms with Crippen molar-refractivity contribution in [2.75, 3.05) is 0 Å². The summed E-state index contributed by atoms with van der Waals surface area (Å²) in [6, 6.07) is 63.8. The molecule has 0 saturated heterocycles. The third-order valence-electron chi connectivity index (χ3n) is 11.2. The zero-order valence-corrected chi connectivity index (χ0v) is 30.0. The lowest BCUT2D eigenvalue weighted by Gasteiger charge is -2.13. The highest BCUT2D eigenvalue weighted by molar-refractivity contribution is 6.29. The standard InChI is InChI=1S/C51H30N4O/c1-3-15-33(16-4-1)49-52-50(34-17-5-2-6-18-34)54-51(53-49)39-25-28-43(48-45(39)40-29-35-19-7-8-20-36(35)30-44(40)56-48)55-41-26-23-31-13-9-11-21-37(31)46(41)47-38-22-12-10-14-32(38)24-27-42(47)55/h1-30H. The van der Waals surface area contributed by atoms with Gasteiger partial charge in [0, 0.05) is 38.2 Å². The number of fused-ring (bicyclic) bond motifs is 11. The highest BCUT2D eigenvalue weighted by Gasteiger charge is 2.24. The molecule has 0 N–H and O–H groups in total. The van der Waals surface area contributed by atoms with Gasteiger partial charge in [0.25, 0.3) is 0 Å². The zero-order chi connectivity index (χ0) is 36.7. The number of benzene rings is 9. The highest BCUT2D eigenvalue weighted by atomic mass is 16.3. The first kappa shape index (κ1) is 30.8. The van der Waals surface area contributed by atoms with E-state index in [1.54, 1.807) is 0 Å². The second-order valence-electron chi connectivity index (χ2n) is 14.4. The molecule has 0 atom stereocenters. The molecule has 0 saturated carbocycles. The lowest BCUT2D eigenvalue weighted by molar-refractivity contribution is 0.667. The summed E-state index contributed by atoms with van der Waals surface area (Å²) in [5.41, 5.74) is 7.50. The van der Waals surface area contributed by atoms with Crippen molar-refractivity contribution < 1.29 is 4.42 Å². The summed E-state index contributed by atoms with van der Waals surface area (Å²) in [6.45, 7) is 0. The predicted molar refractivity (Wildman–Crippen MR) is 230 cm³/mol. The van der Waals surface area contributed by atoms with Crippen LogP contribution < -0.4 is 0 Å². The number of nitrogens with zero attached hydrogens (tertiary/aromatic N) is 4. The number of hydrogen-bond donors (Lipinski definition) is 0. The lowest BCUT2D eigenvalue weighted by atomic mass is 10.00. The molecule has 12 aromatic rings. The molecule has 0 radical (unpaired) electrons. The monoisotopic (exact) mass is 714 g/mol. The van der Waals surface area contributed by atoms with Crippen molar-refractivity contribution in [3.05, 3.63) is 182 Å². The average molecular weight is 715 g/mol. The van der Waals surface area contributed by atoms with E-state index in [1.807, 2.05) is 60.7 Å². The minimum atomic E-state index is 0.587. The van der Waals surface area contributed by atoms with Gasteiger partial charge in [0.15, 0.2) is 23.1 Å². The van der Waals surface area contributed by atoms with Crippen LogP contribution in [0.15, 0.2) is 186 Å². The summed E-state index contributed by atoms with van der Waals surface area (Å²) >= 11 is 0. The van der Waals surface area contributed by atoms with Crippen LogP contribution in [0.1, 0.15) is 0 Å². The second-order valence-corrected chi connectivity index (χ2v) is 14.4. The smallest absolute Gasteiger partial charge is 0.164 e. The van der Waals surface area contributed by atoms with E-state index < -0.39 is 0 Å². The Kier molecular flexibility index (Phi) is 6.56. The molecule has 0 aliphatic heterocycles. The van der Waals surface area contributed by atoms with Gasteiger partial charge < -0.3 is 8.98 Å². The van der Waals surface area contributed by atoms with Gasteiger partial charge in [-0.3, -0.25) is 0 Å². The van der Waals surface area contributed by atoms with Crippen molar-refractivity contribution in [1.82, 2.24) is 19.5 Å². The van der Waals surface area contributed by atoms with Crippen LogP contribution >= 0.6 is 0 Å². The molecule has 0 fully saturated rings. The molecule has 260 valence electrons. The van der Waals surface area contributed by atoms with Crippen molar-refractivity contribution in [2.24, 2.45) is 0 Å². The van der Waals surface area contributed by atoms with Crippen LogP contribution in [0.25, 0.3) is 116 Å². The quantitative estimate of drug-likeness (QED) is 0.182. The van der Waals surface area contributed by atoms with Crippen LogP contribution in [0, 0.1) is 0 Å². The van der Waals surface area contributed by atoms with Gasteiger partial charge in [0.1, 0.15) is 5.58 Å². The number of hydrogen-bond acceptors (Lipinski definition) is 4. The fourth-order valence-electron chi connectivity index (χ4n) is 8.65. The summed E-state index contributed by atoms with van der Waals surface area (Å²) in [4.78, 5) is 15.4. The third-order valence-corrected chi connectivity index (χ3v) is 11.2. The van der Waals surface area contributed by atoms with Gasteiger partial charge >= 0.3 is 0 Å². The first-order chi connectivity index (χ1) is 27.8. The molecule has 0 amide bonds. The van der Waals surface area contributed by atoms with E-state index in [4.69, 9.17) is 19.4 Å². The molecule has 9 aromatic carbocycles. The lowest BCUT2D eigenvalue weighted by Crippen LogP contribution is -2.01. The van der Waals surface area contributed by atoms with E-state index in [1.165, 1.54) is 32.3 Å². The molecule has 5 heteroatoms. The fourth-order valence-corrected chi connectivity index (χ4v) is 8.65. The molecule has 0 bridgehead atoms. The molecule has 0 aliphatic rings. The first-order valence-electron chi connectivity index (χ1n) is 18.9. The Balaban J connectivity index is 1.22. The van der Waals surface area contributed by atoms with Crippen molar-refractivity contribution in [2.45, 2.75) is 0 Å². The normalized spacial score (nSPS) is 11.9. The van der Waals surface area contributed by atoms with Crippen LogP contribution in [-0.4, -0.2) is 19.5 Å².